The van der Waals surface area contributed by atoms with Crippen molar-refractivity contribution in [3.8, 4) is 11.4 Å². The molecule has 0 aliphatic heterocycles. The van der Waals surface area contributed by atoms with Crippen molar-refractivity contribution in [3.05, 3.63) is 89.9 Å². The van der Waals surface area contributed by atoms with Crippen molar-refractivity contribution in [1.29, 1.82) is 0 Å². The molecular formula is C25H26FN3O2S. The Morgan fingerprint density at radius 2 is 1.81 bits per heavy atom. The first-order chi connectivity index (χ1) is 15.4. The van der Waals surface area contributed by atoms with Crippen LogP contribution in [0.15, 0.2) is 72.9 Å². The van der Waals surface area contributed by atoms with E-state index in [2.05, 4.69) is 5.10 Å². The van der Waals surface area contributed by atoms with Gasteiger partial charge in [-0.15, -0.1) is 0 Å². The Kier molecular flexibility index (Phi) is 6.67. The van der Waals surface area contributed by atoms with Gasteiger partial charge in [0.1, 0.15) is 17.7 Å². The van der Waals surface area contributed by atoms with Crippen LogP contribution in [0.2, 0.25) is 0 Å². The molecule has 3 aromatic carbocycles. The zero-order valence-corrected chi connectivity index (χ0v) is 18.9. The lowest BCUT2D eigenvalue weighted by molar-refractivity contribution is 0.180. The normalized spacial score (nSPS) is 14.2. The van der Waals surface area contributed by atoms with Gasteiger partial charge in [-0.3, -0.25) is 4.21 Å². The third kappa shape index (κ3) is 4.89. The summed E-state index contributed by atoms with van der Waals surface area (Å²) in [6.45, 7) is 3.83. The third-order valence-electron chi connectivity index (χ3n) is 5.31. The van der Waals surface area contributed by atoms with Crippen LogP contribution in [-0.2, 0) is 16.6 Å². The van der Waals surface area contributed by atoms with Crippen LogP contribution in [-0.4, -0.2) is 25.8 Å². The molecule has 0 spiro atoms. The second-order valence-electron chi connectivity index (χ2n) is 7.77. The molecule has 1 heterocycles. The minimum Gasteiger partial charge on any atom is -0.484 e. The second-order valence-corrected chi connectivity index (χ2v) is 9.51. The van der Waals surface area contributed by atoms with Gasteiger partial charge in [0.25, 0.3) is 0 Å². The number of benzene rings is 3. The van der Waals surface area contributed by atoms with E-state index in [1.54, 1.807) is 23.0 Å². The molecule has 0 bridgehead atoms. The van der Waals surface area contributed by atoms with E-state index in [-0.39, 0.29) is 18.0 Å². The smallest absolute Gasteiger partial charge is 0.138 e. The first kappa shape index (κ1) is 22.2. The Balaban J connectivity index is 1.56. The monoisotopic (exact) mass is 451 g/mol. The fraction of sp³-hybridized carbons (Fsp3) is 0.240. The van der Waals surface area contributed by atoms with Crippen molar-refractivity contribution in [2.45, 2.75) is 31.7 Å². The van der Waals surface area contributed by atoms with Gasteiger partial charge in [-0.25, -0.2) is 9.07 Å². The quantitative estimate of drug-likeness (QED) is 0.414. The highest BCUT2D eigenvalue weighted by atomic mass is 32.2. The predicted octanol–water partition coefficient (Wildman–Crippen LogP) is 4.90. The number of nitrogens with two attached hydrogens (primary N) is 1. The van der Waals surface area contributed by atoms with Crippen LogP contribution in [0, 0.1) is 5.82 Å². The molecule has 7 heteroatoms. The van der Waals surface area contributed by atoms with Crippen molar-refractivity contribution in [1.82, 2.24) is 9.78 Å². The predicted molar refractivity (Wildman–Crippen MR) is 127 cm³/mol. The molecule has 2 N–H and O–H groups in total. The molecule has 3 atom stereocenters. The van der Waals surface area contributed by atoms with Gasteiger partial charge in [-0.05, 0) is 60.5 Å². The summed E-state index contributed by atoms with van der Waals surface area (Å²) in [6.07, 6.45) is 1.43. The van der Waals surface area contributed by atoms with Gasteiger partial charge in [0.2, 0.25) is 0 Å². The van der Waals surface area contributed by atoms with E-state index in [1.807, 2.05) is 56.3 Å². The van der Waals surface area contributed by atoms with E-state index >= 15 is 0 Å². The fourth-order valence-corrected chi connectivity index (χ4v) is 4.36. The topological polar surface area (TPSA) is 70.1 Å². The highest BCUT2D eigenvalue weighted by Crippen LogP contribution is 2.28. The minimum atomic E-state index is -0.845. The number of hydrogen-bond acceptors (Lipinski definition) is 4. The number of fused-ring (bicyclic) bond motifs is 1. The molecule has 0 saturated heterocycles. The van der Waals surface area contributed by atoms with Gasteiger partial charge < -0.3 is 10.5 Å². The maximum Gasteiger partial charge on any atom is 0.138 e. The van der Waals surface area contributed by atoms with Crippen LogP contribution in [0.3, 0.4) is 0 Å². The highest BCUT2D eigenvalue weighted by Gasteiger charge is 2.19. The maximum atomic E-state index is 13.2. The zero-order valence-electron chi connectivity index (χ0n) is 18.1. The number of ether oxygens (including phenoxy) is 1. The van der Waals surface area contributed by atoms with Gasteiger partial charge in [0, 0.05) is 33.7 Å². The number of hydrogen-bond donors (Lipinski definition) is 1. The largest absolute Gasteiger partial charge is 0.484 e. The Hall–Kier alpha value is -3.03. The number of aromatic nitrogens is 2. The minimum absolute atomic E-state index is 0.233. The Morgan fingerprint density at radius 3 is 2.47 bits per heavy atom. The van der Waals surface area contributed by atoms with Gasteiger partial charge >= 0.3 is 0 Å². The fourth-order valence-electron chi connectivity index (χ4n) is 3.59. The van der Waals surface area contributed by atoms with E-state index in [9.17, 15) is 8.60 Å². The van der Waals surface area contributed by atoms with E-state index in [1.165, 1.54) is 12.1 Å². The van der Waals surface area contributed by atoms with E-state index in [0.29, 0.717) is 17.3 Å². The van der Waals surface area contributed by atoms with Crippen LogP contribution >= 0.6 is 0 Å². The summed E-state index contributed by atoms with van der Waals surface area (Å²) in [6, 6.07) is 19.7. The molecule has 166 valence electrons. The van der Waals surface area contributed by atoms with Crippen LogP contribution in [0.5, 0.6) is 5.75 Å². The number of nitrogens with zero attached hydrogens (tertiary/aromatic N) is 2. The third-order valence-corrected chi connectivity index (χ3v) is 6.61. The standard InChI is InChI=1S/C25H26FN3O2S/c1-3-32(30)16-18-4-6-19(7-5-18)25(17(2)27)31-23-12-13-24-20(14-23)15-28-29(24)22-10-8-21(26)9-11-22/h4-15,17,25H,3,16,27H2,1-2H3/t17-,25-,32?/m0/s1. The molecule has 0 aliphatic carbocycles. The van der Waals surface area contributed by atoms with Crippen molar-refractivity contribution in [2.24, 2.45) is 5.73 Å². The van der Waals surface area contributed by atoms with Crippen molar-refractivity contribution < 1.29 is 13.3 Å². The van der Waals surface area contributed by atoms with Crippen molar-refractivity contribution in [2.75, 3.05) is 5.75 Å². The van der Waals surface area contributed by atoms with Gasteiger partial charge in [-0.1, -0.05) is 31.2 Å². The van der Waals surface area contributed by atoms with Crippen molar-refractivity contribution in [3.63, 3.8) is 0 Å². The average Bonchev–Trinajstić information content (AvgIpc) is 3.21. The summed E-state index contributed by atoms with van der Waals surface area (Å²) < 4.78 is 33.1. The summed E-state index contributed by atoms with van der Waals surface area (Å²) in [4.78, 5) is 0. The summed E-state index contributed by atoms with van der Waals surface area (Å²) in [5.41, 5.74) is 9.92. The van der Waals surface area contributed by atoms with Gasteiger partial charge in [0.05, 0.1) is 17.4 Å². The first-order valence-electron chi connectivity index (χ1n) is 10.5. The second kappa shape index (κ2) is 9.63. The number of halogens is 1. The molecule has 4 aromatic rings. The molecule has 4 rings (SSSR count). The maximum absolute atomic E-state index is 13.2. The highest BCUT2D eigenvalue weighted by molar-refractivity contribution is 7.84. The summed E-state index contributed by atoms with van der Waals surface area (Å²) >= 11 is 0. The van der Waals surface area contributed by atoms with Crippen LogP contribution in [0.4, 0.5) is 4.39 Å². The molecule has 0 saturated carbocycles. The molecule has 1 unspecified atom stereocenters. The first-order valence-corrected chi connectivity index (χ1v) is 12.0. The van der Waals surface area contributed by atoms with E-state index in [4.69, 9.17) is 10.5 Å². The van der Waals surface area contributed by atoms with Crippen molar-refractivity contribution >= 4 is 21.7 Å². The molecule has 0 fully saturated rings. The summed E-state index contributed by atoms with van der Waals surface area (Å²) in [5, 5.41) is 5.35. The van der Waals surface area contributed by atoms with Gasteiger partial charge in [0.15, 0.2) is 0 Å². The Morgan fingerprint density at radius 1 is 1.09 bits per heavy atom. The molecule has 0 radical (unpaired) electrons. The molecule has 1 aromatic heterocycles. The lowest BCUT2D eigenvalue weighted by Gasteiger charge is -2.23. The van der Waals surface area contributed by atoms with Crippen LogP contribution in [0.25, 0.3) is 16.6 Å². The zero-order chi connectivity index (χ0) is 22.7. The van der Waals surface area contributed by atoms with Gasteiger partial charge in [-0.2, -0.15) is 5.10 Å². The van der Waals surface area contributed by atoms with Crippen LogP contribution < -0.4 is 10.5 Å². The van der Waals surface area contributed by atoms with E-state index < -0.39 is 10.8 Å². The molecule has 0 aliphatic rings. The molecule has 0 amide bonds. The lowest BCUT2D eigenvalue weighted by Crippen LogP contribution is -2.29. The molecular weight excluding hydrogens is 425 g/mol. The summed E-state index contributed by atoms with van der Waals surface area (Å²) in [5.74, 6) is 1.60. The lowest BCUT2D eigenvalue weighted by atomic mass is 10.0. The van der Waals surface area contributed by atoms with Crippen LogP contribution in [0.1, 0.15) is 31.1 Å². The molecule has 32 heavy (non-hydrogen) atoms. The SMILES string of the molecule is CCS(=O)Cc1ccc([C@@H](Oc2ccc3c(cnn3-c3ccc(F)cc3)c2)[C@H](C)N)cc1. The number of rotatable bonds is 8. The molecule has 5 nitrogen and oxygen atoms in total. The van der Waals surface area contributed by atoms with E-state index in [0.717, 1.165) is 27.7 Å². The average molecular weight is 452 g/mol. The Labute approximate surface area is 189 Å². The Bertz CT molecular complexity index is 1220. The summed E-state index contributed by atoms with van der Waals surface area (Å²) in [7, 11) is -0.845.